The van der Waals surface area contributed by atoms with E-state index >= 15 is 0 Å². The summed E-state index contributed by atoms with van der Waals surface area (Å²) in [7, 11) is -3.57. The summed E-state index contributed by atoms with van der Waals surface area (Å²) in [5, 5.41) is 0.502. The van der Waals surface area contributed by atoms with Gasteiger partial charge in [0, 0.05) is 6.54 Å². The molecule has 0 aromatic heterocycles. The molecule has 96 valence electrons. The quantitative estimate of drug-likeness (QED) is 0.617. The summed E-state index contributed by atoms with van der Waals surface area (Å²) >= 11 is 11.4. The number of rotatable bonds is 6. The number of benzene rings is 1. The zero-order valence-electron chi connectivity index (χ0n) is 8.82. The van der Waals surface area contributed by atoms with Crippen LogP contribution in [-0.2, 0) is 14.9 Å². The third kappa shape index (κ3) is 4.42. The Hall–Kier alpha value is -0.370. The summed E-state index contributed by atoms with van der Waals surface area (Å²) in [4.78, 5) is 4.39. The number of halogens is 2. The van der Waals surface area contributed by atoms with Gasteiger partial charge in [-0.1, -0.05) is 23.2 Å². The fraction of sp³-hybridized carbons (Fsp3) is 0.333. The lowest BCUT2D eigenvalue weighted by molar-refractivity contribution is 0.136. The number of sulfonamides is 1. The van der Waals surface area contributed by atoms with Gasteiger partial charge in [0.25, 0.3) is 0 Å². The van der Waals surface area contributed by atoms with E-state index in [-0.39, 0.29) is 23.1 Å². The Labute approximate surface area is 110 Å². The maximum Gasteiger partial charge on any atom is 0.240 e. The van der Waals surface area contributed by atoms with Crippen molar-refractivity contribution in [2.24, 2.45) is 5.90 Å². The van der Waals surface area contributed by atoms with Gasteiger partial charge >= 0.3 is 0 Å². The molecular weight excluding hydrogens is 287 g/mol. The first kappa shape index (κ1) is 14.7. The van der Waals surface area contributed by atoms with Crippen molar-refractivity contribution in [3.8, 4) is 0 Å². The minimum atomic E-state index is -3.57. The summed E-state index contributed by atoms with van der Waals surface area (Å²) in [6, 6.07) is 4.11. The molecule has 0 aliphatic carbocycles. The van der Waals surface area contributed by atoms with Gasteiger partial charge in [0.15, 0.2) is 0 Å². The zero-order chi connectivity index (χ0) is 12.9. The number of nitrogens with two attached hydrogens (primary N) is 1. The molecule has 0 spiro atoms. The Balaban J connectivity index is 2.72. The fourth-order valence-electron chi connectivity index (χ4n) is 1.09. The second-order valence-corrected chi connectivity index (χ2v) is 5.78. The maximum absolute atomic E-state index is 11.8. The second kappa shape index (κ2) is 6.53. The Morgan fingerprint density at radius 2 is 2.00 bits per heavy atom. The average molecular weight is 299 g/mol. The molecule has 17 heavy (non-hydrogen) atoms. The minimum absolute atomic E-state index is 0.0700. The van der Waals surface area contributed by atoms with Crippen LogP contribution in [0.4, 0.5) is 0 Å². The first-order valence-electron chi connectivity index (χ1n) is 4.74. The number of hydrogen-bond acceptors (Lipinski definition) is 4. The molecule has 0 saturated carbocycles. The second-order valence-electron chi connectivity index (χ2n) is 3.20. The van der Waals surface area contributed by atoms with Crippen molar-refractivity contribution in [3.63, 3.8) is 0 Å². The van der Waals surface area contributed by atoms with Crippen LogP contribution in [0.2, 0.25) is 10.0 Å². The van der Waals surface area contributed by atoms with E-state index in [2.05, 4.69) is 9.56 Å². The summed E-state index contributed by atoms with van der Waals surface area (Å²) in [6.07, 6.45) is 0.483. The topological polar surface area (TPSA) is 81.4 Å². The van der Waals surface area contributed by atoms with Gasteiger partial charge in [-0.05, 0) is 24.6 Å². The molecule has 0 fully saturated rings. The molecular formula is C9H12Cl2N2O3S. The highest BCUT2D eigenvalue weighted by molar-refractivity contribution is 7.89. The molecule has 0 amide bonds. The van der Waals surface area contributed by atoms with Crippen LogP contribution in [0.5, 0.6) is 0 Å². The molecule has 0 aliphatic heterocycles. The first-order chi connectivity index (χ1) is 7.97. The number of hydrogen-bond donors (Lipinski definition) is 2. The predicted molar refractivity (Wildman–Crippen MR) is 66.4 cm³/mol. The van der Waals surface area contributed by atoms with E-state index in [1.807, 2.05) is 0 Å². The van der Waals surface area contributed by atoms with Crippen molar-refractivity contribution in [2.45, 2.75) is 11.3 Å². The van der Waals surface area contributed by atoms with Crippen LogP contribution < -0.4 is 10.6 Å². The zero-order valence-corrected chi connectivity index (χ0v) is 11.1. The van der Waals surface area contributed by atoms with E-state index in [9.17, 15) is 8.42 Å². The predicted octanol–water partition coefficient (Wildman–Crippen LogP) is 1.55. The lowest BCUT2D eigenvalue weighted by atomic mass is 10.4. The largest absolute Gasteiger partial charge is 0.305 e. The third-order valence-electron chi connectivity index (χ3n) is 1.93. The third-order valence-corrected chi connectivity index (χ3v) is 4.13. The molecule has 3 N–H and O–H groups in total. The van der Waals surface area contributed by atoms with Crippen LogP contribution in [0, 0.1) is 0 Å². The van der Waals surface area contributed by atoms with Crippen LogP contribution in [0.25, 0.3) is 0 Å². The number of nitrogens with one attached hydrogen (secondary N) is 1. The van der Waals surface area contributed by atoms with E-state index in [1.54, 1.807) is 0 Å². The normalized spacial score (nSPS) is 11.7. The molecule has 0 heterocycles. The van der Waals surface area contributed by atoms with Crippen molar-refractivity contribution < 1.29 is 13.3 Å². The highest BCUT2D eigenvalue weighted by Gasteiger charge is 2.14. The van der Waals surface area contributed by atoms with E-state index in [4.69, 9.17) is 29.1 Å². The average Bonchev–Trinajstić information content (AvgIpc) is 2.28. The molecule has 1 aromatic carbocycles. The Bertz CT molecular complexity index is 479. The van der Waals surface area contributed by atoms with E-state index in [0.717, 1.165) is 0 Å². The fourth-order valence-corrected chi connectivity index (χ4v) is 2.55. The summed E-state index contributed by atoms with van der Waals surface area (Å²) in [5.41, 5.74) is 0. The first-order valence-corrected chi connectivity index (χ1v) is 6.97. The van der Waals surface area contributed by atoms with Crippen LogP contribution in [0.15, 0.2) is 23.1 Å². The summed E-state index contributed by atoms with van der Waals surface area (Å²) in [6.45, 7) is 0.518. The SMILES string of the molecule is NOCCCNS(=O)(=O)c1ccc(Cl)c(Cl)c1. The molecule has 0 saturated heterocycles. The van der Waals surface area contributed by atoms with Crippen LogP contribution >= 0.6 is 23.2 Å². The lowest BCUT2D eigenvalue weighted by Gasteiger charge is -2.07. The van der Waals surface area contributed by atoms with Gasteiger partial charge in [-0.25, -0.2) is 19.0 Å². The van der Waals surface area contributed by atoms with Gasteiger partial charge in [0.2, 0.25) is 10.0 Å². The standard InChI is InChI=1S/C9H12Cl2N2O3S/c10-8-3-2-7(6-9(8)11)17(14,15)13-4-1-5-16-12/h2-3,6,13H,1,4-5,12H2. The monoisotopic (exact) mass is 298 g/mol. The van der Waals surface area contributed by atoms with Gasteiger partial charge in [-0.3, -0.25) is 0 Å². The lowest BCUT2D eigenvalue weighted by Crippen LogP contribution is -2.25. The molecule has 5 nitrogen and oxygen atoms in total. The van der Waals surface area contributed by atoms with Crippen molar-refractivity contribution in [3.05, 3.63) is 28.2 Å². The van der Waals surface area contributed by atoms with Crippen LogP contribution in [0.1, 0.15) is 6.42 Å². The van der Waals surface area contributed by atoms with Gasteiger partial charge in [-0.2, -0.15) is 0 Å². The molecule has 0 aliphatic rings. The maximum atomic E-state index is 11.8. The van der Waals surface area contributed by atoms with Gasteiger partial charge in [0.1, 0.15) is 0 Å². The van der Waals surface area contributed by atoms with E-state index in [0.29, 0.717) is 11.4 Å². The van der Waals surface area contributed by atoms with E-state index < -0.39 is 10.0 Å². The molecule has 8 heteroatoms. The van der Waals surface area contributed by atoms with Crippen molar-refractivity contribution in [1.29, 1.82) is 0 Å². The van der Waals surface area contributed by atoms with Gasteiger partial charge in [0.05, 0.1) is 21.5 Å². The minimum Gasteiger partial charge on any atom is -0.305 e. The molecule has 0 radical (unpaired) electrons. The smallest absolute Gasteiger partial charge is 0.240 e. The van der Waals surface area contributed by atoms with Crippen molar-refractivity contribution >= 4 is 33.2 Å². The summed E-state index contributed by atoms with van der Waals surface area (Å²) < 4.78 is 25.9. The molecule has 1 rings (SSSR count). The Morgan fingerprint density at radius 3 is 2.59 bits per heavy atom. The summed E-state index contributed by atoms with van der Waals surface area (Å²) in [5.74, 6) is 4.82. The molecule has 1 aromatic rings. The van der Waals surface area contributed by atoms with Crippen molar-refractivity contribution in [1.82, 2.24) is 4.72 Å². The Morgan fingerprint density at radius 1 is 1.29 bits per heavy atom. The molecule has 0 unspecified atom stereocenters. The van der Waals surface area contributed by atoms with Gasteiger partial charge < -0.3 is 4.84 Å². The highest BCUT2D eigenvalue weighted by Crippen LogP contribution is 2.24. The molecule has 0 bridgehead atoms. The van der Waals surface area contributed by atoms with Crippen molar-refractivity contribution in [2.75, 3.05) is 13.2 Å². The highest BCUT2D eigenvalue weighted by atomic mass is 35.5. The molecule has 0 atom stereocenters. The van der Waals surface area contributed by atoms with Gasteiger partial charge in [-0.15, -0.1) is 0 Å². The Kier molecular flexibility index (Phi) is 5.64. The van der Waals surface area contributed by atoms with E-state index in [1.165, 1.54) is 18.2 Å². The van der Waals surface area contributed by atoms with Crippen LogP contribution in [0.3, 0.4) is 0 Å². The van der Waals surface area contributed by atoms with Crippen LogP contribution in [-0.4, -0.2) is 21.6 Å².